The zero-order valence-corrected chi connectivity index (χ0v) is 23.0. The van der Waals surface area contributed by atoms with Crippen LogP contribution in [0, 0.1) is 0 Å². The molecular formula is C10H16N5Na2O11P3. The van der Waals surface area contributed by atoms with Crippen LogP contribution in [0.15, 0.2) is 12.7 Å². The van der Waals surface area contributed by atoms with Crippen LogP contribution in [0.3, 0.4) is 0 Å². The number of nitrogens with two attached hydrogens (primary N) is 1. The standard InChI is InChI=1S/C10H16N5O11P3.2Na/c11-9-8-10(13-4-12-9)15(5-14-8)7-2-1-6(24-7)3-23-28(19,20)26-29(21,22)25-27(16,17)18;;/h4-7H,1-3H2,(H,19,20)(H,21,22)(H2,11,12,13)(H2,16,17,18);;. The van der Waals surface area contributed by atoms with Crippen LogP contribution in [0.1, 0.15) is 19.1 Å². The fraction of sp³-hybridized carbons (Fsp3) is 0.500. The maximum absolute atomic E-state index is 11.7. The molecule has 2 aromatic heterocycles. The van der Waals surface area contributed by atoms with Gasteiger partial charge in [-0.2, -0.15) is 8.62 Å². The molecule has 0 bridgehead atoms. The van der Waals surface area contributed by atoms with E-state index < -0.39 is 42.4 Å². The van der Waals surface area contributed by atoms with Gasteiger partial charge in [-0.05, 0) is 12.8 Å². The summed E-state index contributed by atoms with van der Waals surface area (Å²) >= 11 is 0. The molecule has 1 aliphatic heterocycles. The van der Waals surface area contributed by atoms with Gasteiger partial charge in [0.2, 0.25) is 0 Å². The van der Waals surface area contributed by atoms with Gasteiger partial charge in [0.25, 0.3) is 0 Å². The minimum absolute atomic E-state index is 0. The van der Waals surface area contributed by atoms with E-state index in [2.05, 4.69) is 28.1 Å². The Hall–Kier alpha value is 0.720. The number of hydrogen-bond donors (Lipinski definition) is 5. The average Bonchev–Trinajstić information content (AvgIpc) is 3.16. The molecular weight excluding hydrogens is 505 g/mol. The summed E-state index contributed by atoms with van der Waals surface area (Å²) in [6.45, 7) is -0.524. The minimum Gasteiger partial charge on any atom is -0.382 e. The molecule has 1 saturated heterocycles. The number of phosphoric acid groups is 3. The summed E-state index contributed by atoms with van der Waals surface area (Å²) in [6, 6.07) is 0. The minimum atomic E-state index is -5.56. The number of phosphoric ester groups is 1. The predicted molar refractivity (Wildman–Crippen MR) is 104 cm³/mol. The number of imidazole rings is 1. The van der Waals surface area contributed by atoms with Crippen molar-refractivity contribution in [3.05, 3.63) is 12.7 Å². The molecule has 4 unspecified atom stereocenters. The number of rotatable bonds is 8. The van der Waals surface area contributed by atoms with Crippen molar-refractivity contribution in [3.63, 3.8) is 0 Å². The molecule has 6 N–H and O–H groups in total. The molecule has 31 heavy (non-hydrogen) atoms. The van der Waals surface area contributed by atoms with Gasteiger partial charge in [-0.1, -0.05) is 0 Å². The summed E-state index contributed by atoms with van der Waals surface area (Å²) < 4.78 is 52.7. The Morgan fingerprint density at radius 1 is 1.06 bits per heavy atom. The number of aromatic nitrogens is 4. The number of nitrogens with zero attached hydrogens (tertiary/aromatic N) is 4. The molecule has 2 radical (unpaired) electrons. The number of fused-ring (bicyclic) bond motifs is 1. The van der Waals surface area contributed by atoms with Crippen molar-refractivity contribution < 1.29 is 51.2 Å². The molecule has 164 valence electrons. The molecule has 1 aliphatic rings. The molecule has 0 aliphatic carbocycles. The molecule has 0 saturated carbocycles. The average molecular weight is 521 g/mol. The SMILES string of the molecule is Nc1ncnc2c1ncn2C1CCC(COP(=O)(O)OP(=O)(O)OP(=O)(O)O)O1.[Na].[Na]. The normalized spacial score (nSPS) is 22.8. The fourth-order valence-corrected chi connectivity index (χ4v) is 5.62. The van der Waals surface area contributed by atoms with Gasteiger partial charge in [-0.25, -0.2) is 28.6 Å². The zero-order chi connectivity index (χ0) is 21.4. The largest absolute Gasteiger partial charge is 0.490 e. The van der Waals surface area contributed by atoms with Crippen molar-refractivity contribution in [1.29, 1.82) is 0 Å². The second-order valence-corrected chi connectivity index (χ2v) is 10.2. The fourth-order valence-electron chi connectivity index (χ4n) is 2.58. The van der Waals surface area contributed by atoms with Crippen molar-refractivity contribution in [2.24, 2.45) is 0 Å². The Morgan fingerprint density at radius 2 is 1.74 bits per heavy atom. The van der Waals surface area contributed by atoms with E-state index in [0.717, 1.165) is 0 Å². The summed E-state index contributed by atoms with van der Waals surface area (Å²) in [5.41, 5.74) is 6.53. The van der Waals surface area contributed by atoms with E-state index in [1.165, 1.54) is 12.7 Å². The van der Waals surface area contributed by atoms with Gasteiger partial charge in [0.1, 0.15) is 18.1 Å². The van der Waals surface area contributed by atoms with Crippen molar-refractivity contribution in [1.82, 2.24) is 19.5 Å². The summed E-state index contributed by atoms with van der Waals surface area (Å²) in [5.74, 6) is 0.191. The zero-order valence-electron chi connectivity index (χ0n) is 16.3. The molecule has 2 aromatic rings. The van der Waals surface area contributed by atoms with Crippen molar-refractivity contribution in [3.8, 4) is 0 Å². The topological polar surface area (TPSA) is 239 Å². The van der Waals surface area contributed by atoms with E-state index in [-0.39, 0.29) is 64.9 Å². The number of hydrogen-bond acceptors (Lipinski definition) is 11. The first-order valence-corrected chi connectivity index (χ1v) is 12.2. The Labute approximate surface area is 218 Å². The van der Waals surface area contributed by atoms with Crippen LogP contribution in [0.5, 0.6) is 0 Å². The first-order chi connectivity index (χ1) is 13.4. The van der Waals surface area contributed by atoms with Gasteiger partial charge in [0, 0.05) is 59.1 Å². The van der Waals surface area contributed by atoms with Crippen LogP contribution in [-0.4, -0.2) is 111 Å². The van der Waals surface area contributed by atoms with Gasteiger partial charge in [-0.3, -0.25) is 9.09 Å². The quantitative estimate of drug-likeness (QED) is 0.221. The maximum atomic E-state index is 11.7. The van der Waals surface area contributed by atoms with E-state index in [4.69, 9.17) is 25.2 Å². The van der Waals surface area contributed by atoms with Crippen LogP contribution in [-0.2, 0) is 31.6 Å². The number of nitrogen functional groups attached to an aromatic ring is 1. The van der Waals surface area contributed by atoms with Gasteiger partial charge in [-0.15, -0.1) is 0 Å². The van der Waals surface area contributed by atoms with E-state index in [1.54, 1.807) is 4.57 Å². The van der Waals surface area contributed by atoms with Gasteiger partial charge < -0.3 is 30.0 Å². The van der Waals surface area contributed by atoms with E-state index in [9.17, 15) is 18.6 Å². The van der Waals surface area contributed by atoms with E-state index in [0.29, 0.717) is 24.0 Å². The smallest absolute Gasteiger partial charge is 0.382 e. The second-order valence-electron chi connectivity index (χ2n) is 5.76. The Morgan fingerprint density at radius 3 is 2.39 bits per heavy atom. The van der Waals surface area contributed by atoms with Crippen LogP contribution in [0.2, 0.25) is 0 Å². The third kappa shape index (κ3) is 8.46. The number of anilines is 1. The van der Waals surface area contributed by atoms with Gasteiger partial charge in [0.05, 0.1) is 19.0 Å². The molecule has 16 nitrogen and oxygen atoms in total. The Balaban J connectivity index is 0.00000240. The van der Waals surface area contributed by atoms with Crippen LogP contribution in [0.4, 0.5) is 5.82 Å². The molecule has 3 rings (SSSR count). The Bertz CT molecular complexity index is 1050. The van der Waals surface area contributed by atoms with Crippen LogP contribution >= 0.6 is 23.5 Å². The maximum Gasteiger partial charge on any atom is 0.490 e. The molecule has 0 spiro atoms. The first-order valence-electron chi connectivity index (χ1n) is 7.72. The molecule has 0 amide bonds. The van der Waals surface area contributed by atoms with Crippen LogP contribution in [0.25, 0.3) is 11.2 Å². The molecule has 1 fully saturated rings. The van der Waals surface area contributed by atoms with Crippen molar-refractivity contribution in [2.45, 2.75) is 25.2 Å². The van der Waals surface area contributed by atoms with Gasteiger partial charge >= 0.3 is 23.5 Å². The van der Waals surface area contributed by atoms with Crippen molar-refractivity contribution >= 4 is 99.6 Å². The predicted octanol–water partition coefficient (Wildman–Crippen LogP) is -0.332. The summed E-state index contributed by atoms with van der Waals surface area (Å²) in [5, 5.41) is 0. The van der Waals surface area contributed by atoms with Crippen molar-refractivity contribution in [2.75, 3.05) is 12.3 Å². The molecule has 21 heteroatoms. The monoisotopic (exact) mass is 521 g/mol. The first kappa shape index (κ1) is 29.8. The summed E-state index contributed by atoms with van der Waals surface area (Å²) in [4.78, 5) is 47.6. The Kier molecular flexibility index (Phi) is 11.0. The third-order valence-corrected chi connectivity index (χ3v) is 7.42. The summed E-state index contributed by atoms with van der Waals surface area (Å²) in [7, 11) is -16.2. The van der Waals surface area contributed by atoms with Crippen LogP contribution < -0.4 is 5.73 Å². The molecule has 4 atom stereocenters. The van der Waals surface area contributed by atoms with E-state index >= 15 is 0 Å². The third-order valence-electron chi connectivity index (χ3n) is 3.62. The molecule has 3 heterocycles. The summed E-state index contributed by atoms with van der Waals surface area (Å²) in [6.07, 6.45) is 2.30. The second kappa shape index (κ2) is 11.4. The van der Waals surface area contributed by atoms with Gasteiger partial charge in [0.15, 0.2) is 11.5 Å². The molecule has 0 aromatic carbocycles. The number of ether oxygens (including phenoxy) is 1. The van der Waals surface area contributed by atoms with E-state index in [1.807, 2.05) is 0 Å².